The number of methoxy groups -OCH3 is 1. The molecule has 0 aliphatic rings. The van der Waals surface area contributed by atoms with E-state index in [1.54, 1.807) is 22.6 Å². The maximum Gasteiger partial charge on any atom is 0.320 e. The third-order valence-electron chi connectivity index (χ3n) is 2.02. The van der Waals surface area contributed by atoms with Crippen molar-refractivity contribution in [2.24, 2.45) is 0 Å². The summed E-state index contributed by atoms with van der Waals surface area (Å²) in [6.45, 7) is 0.0181. The molecule has 0 bridgehead atoms. The topological polar surface area (TPSA) is 55.4 Å². The van der Waals surface area contributed by atoms with Crippen LogP contribution in [0.25, 0.3) is 0 Å². The van der Waals surface area contributed by atoms with E-state index in [1.807, 2.05) is 0 Å². The number of amides is 1. The summed E-state index contributed by atoms with van der Waals surface area (Å²) < 4.78 is 29.7. The lowest BCUT2D eigenvalue weighted by Crippen LogP contribution is -2.33. The van der Waals surface area contributed by atoms with Crippen molar-refractivity contribution in [1.82, 2.24) is 5.32 Å². The first-order chi connectivity index (χ1) is 8.43. The first-order valence-electron chi connectivity index (χ1n) is 4.90. The number of halogens is 3. The van der Waals surface area contributed by atoms with Crippen molar-refractivity contribution in [3.05, 3.63) is 35.4 Å². The molecule has 0 aliphatic carbocycles. The number of nitrogens with one attached hydrogen (secondary N) is 1. The second-order valence-electron chi connectivity index (χ2n) is 3.36. The first kappa shape index (κ1) is 14.8. The van der Waals surface area contributed by atoms with Gasteiger partial charge in [0.05, 0.1) is 7.11 Å². The van der Waals surface area contributed by atoms with Crippen molar-refractivity contribution in [2.75, 3.05) is 13.7 Å². The van der Waals surface area contributed by atoms with Crippen molar-refractivity contribution in [2.45, 2.75) is 3.92 Å². The Balaban J connectivity index is 2.63. The van der Waals surface area contributed by atoms with Gasteiger partial charge in [-0.25, -0.2) is 8.78 Å². The molecule has 0 aliphatic heterocycles. The van der Waals surface area contributed by atoms with Crippen molar-refractivity contribution >= 4 is 34.5 Å². The van der Waals surface area contributed by atoms with Crippen molar-refractivity contribution in [3.63, 3.8) is 0 Å². The summed E-state index contributed by atoms with van der Waals surface area (Å²) in [5, 5.41) is 2.39. The fraction of sp³-hybridized carbons (Fsp3) is 0.273. The van der Waals surface area contributed by atoms with Crippen LogP contribution in [0.3, 0.4) is 0 Å². The van der Waals surface area contributed by atoms with Gasteiger partial charge in [0, 0.05) is 18.2 Å². The van der Waals surface area contributed by atoms with Crippen LogP contribution in [0.1, 0.15) is 10.4 Å². The fourth-order valence-corrected chi connectivity index (χ4v) is 1.65. The number of esters is 1. The maximum atomic E-state index is 12.9. The van der Waals surface area contributed by atoms with Gasteiger partial charge in [-0.3, -0.25) is 9.59 Å². The Morgan fingerprint density at radius 1 is 1.33 bits per heavy atom. The third-order valence-corrected chi connectivity index (χ3v) is 2.97. The monoisotopic (exact) mass is 369 g/mol. The van der Waals surface area contributed by atoms with Crippen LogP contribution in [0, 0.1) is 11.6 Å². The van der Waals surface area contributed by atoms with Crippen LogP contribution in [-0.4, -0.2) is 29.5 Å². The number of hydrogen-bond donors (Lipinski definition) is 1. The lowest BCUT2D eigenvalue weighted by Gasteiger charge is -2.09. The molecule has 0 fully saturated rings. The molecule has 1 amide bonds. The lowest BCUT2D eigenvalue weighted by atomic mass is 10.2. The van der Waals surface area contributed by atoms with Crippen LogP contribution >= 0.6 is 22.6 Å². The Morgan fingerprint density at radius 2 is 1.89 bits per heavy atom. The molecular weight excluding hydrogens is 359 g/mol. The normalized spacial score (nSPS) is 11.8. The smallest absolute Gasteiger partial charge is 0.320 e. The minimum atomic E-state index is -0.834. The van der Waals surface area contributed by atoms with Crippen LogP contribution < -0.4 is 5.32 Å². The minimum Gasteiger partial charge on any atom is -0.468 e. The number of carbonyl (C=O) groups excluding carboxylic acids is 2. The van der Waals surface area contributed by atoms with Gasteiger partial charge < -0.3 is 10.1 Å². The van der Waals surface area contributed by atoms with Crippen LogP contribution in [0.15, 0.2) is 18.2 Å². The summed E-state index contributed by atoms with van der Waals surface area (Å²) >= 11 is 1.80. The molecule has 0 heterocycles. The number of benzene rings is 1. The summed E-state index contributed by atoms with van der Waals surface area (Å²) in [6, 6.07) is 2.50. The van der Waals surface area contributed by atoms with Gasteiger partial charge in [0.15, 0.2) is 0 Å². The SMILES string of the molecule is COC(=O)C(I)CNC(=O)c1cc(F)cc(F)c1. The predicted octanol–water partition coefficient (Wildman–Crippen LogP) is 1.67. The largest absolute Gasteiger partial charge is 0.468 e. The average molecular weight is 369 g/mol. The Bertz CT molecular complexity index is 447. The quantitative estimate of drug-likeness (QED) is 0.499. The molecule has 98 valence electrons. The molecule has 1 atom stereocenters. The van der Waals surface area contributed by atoms with Gasteiger partial charge in [0.25, 0.3) is 5.91 Å². The summed E-state index contributed by atoms with van der Waals surface area (Å²) in [5.74, 6) is -2.81. The van der Waals surface area contributed by atoms with Gasteiger partial charge in [0.1, 0.15) is 15.6 Å². The van der Waals surface area contributed by atoms with E-state index >= 15 is 0 Å². The van der Waals surface area contributed by atoms with Gasteiger partial charge >= 0.3 is 5.97 Å². The van der Waals surface area contributed by atoms with Crippen molar-refractivity contribution in [3.8, 4) is 0 Å². The van der Waals surface area contributed by atoms with Crippen LogP contribution in [0.4, 0.5) is 8.78 Å². The molecule has 18 heavy (non-hydrogen) atoms. The van der Waals surface area contributed by atoms with Gasteiger partial charge in [-0.15, -0.1) is 0 Å². The van der Waals surface area contributed by atoms with E-state index in [0.29, 0.717) is 6.07 Å². The maximum absolute atomic E-state index is 12.9. The van der Waals surface area contributed by atoms with Crippen LogP contribution in [-0.2, 0) is 9.53 Å². The van der Waals surface area contributed by atoms with Gasteiger partial charge in [-0.2, -0.15) is 0 Å². The van der Waals surface area contributed by atoms with Gasteiger partial charge in [0.2, 0.25) is 0 Å². The summed E-state index contributed by atoms with van der Waals surface area (Å²) in [7, 11) is 1.23. The molecule has 0 radical (unpaired) electrons. The standard InChI is InChI=1S/C11H10F2INO3/c1-18-11(17)9(14)5-15-10(16)6-2-7(12)4-8(13)3-6/h2-4,9H,5H2,1H3,(H,15,16). The average Bonchev–Trinajstić information content (AvgIpc) is 2.33. The minimum absolute atomic E-state index is 0.0181. The molecule has 1 aromatic carbocycles. The molecule has 1 rings (SSSR count). The zero-order valence-electron chi connectivity index (χ0n) is 9.38. The number of alkyl halides is 1. The van der Waals surface area contributed by atoms with E-state index in [-0.39, 0.29) is 12.1 Å². The molecule has 0 spiro atoms. The highest BCUT2D eigenvalue weighted by molar-refractivity contribution is 14.1. The Hall–Kier alpha value is -1.25. The number of hydrogen-bond acceptors (Lipinski definition) is 3. The van der Waals surface area contributed by atoms with Crippen LogP contribution in [0.2, 0.25) is 0 Å². The van der Waals surface area contributed by atoms with E-state index in [4.69, 9.17) is 0 Å². The molecule has 1 unspecified atom stereocenters. The molecule has 7 heteroatoms. The highest BCUT2D eigenvalue weighted by atomic mass is 127. The number of rotatable bonds is 4. The molecule has 4 nitrogen and oxygen atoms in total. The summed E-state index contributed by atoms with van der Waals surface area (Å²) in [4.78, 5) is 22.6. The zero-order chi connectivity index (χ0) is 13.7. The number of carbonyl (C=O) groups is 2. The van der Waals surface area contributed by atoms with E-state index in [0.717, 1.165) is 12.1 Å². The lowest BCUT2D eigenvalue weighted by molar-refractivity contribution is -0.139. The first-order valence-corrected chi connectivity index (χ1v) is 6.14. The third kappa shape index (κ3) is 4.21. The number of ether oxygens (including phenoxy) is 1. The van der Waals surface area contributed by atoms with Crippen molar-refractivity contribution in [1.29, 1.82) is 0 Å². The highest BCUT2D eigenvalue weighted by Gasteiger charge is 2.17. The fourth-order valence-electron chi connectivity index (χ4n) is 1.18. The van der Waals surface area contributed by atoms with Crippen molar-refractivity contribution < 1.29 is 23.1 Å². The van der Waals surface area contributed by atoms with Crippen LogP contribution in [0.5, 0.6) is 0 Å². The molecular formula is C11H10F2INO3. The molecule has 0 aromatic heterocycles. The molecule has 1 N–H and O–H groups in total. The predicted molar refractivity (Wildman–Crippen MR) is 68.5 cm³/mol. The second-order valence-corrected chi connectivity index (χ2v) is 4.86. The van der Waals surface area contributed by atoms with Gasteiger partial charge in [-0.05, 0) is 12.1 Å². The van der Waals surface area contributed by atoms with E-state index in [1.165, 1.54) is 7.11 Å². The Labute approximate surface area is 116 Å². The molecule has 1 aromatic rings. The second kappa shape index (κ2) is 6.62. The Morgan fingerprint density at radius 3 is 2.39 bits per heavy atom. The van der Waals surface area contributed by atoms with E-state index in [2.05, 4.69) is 10.1 Å². The van der Waals surface area contributed by atoms with Gasteiger partial charge in [-0.1, -0.05) is 22.6 Å². The highest BCUT2D eigenvalue weighted by Crippen LogP contribution is 2.08. The Kier molecular flexibility index (Phi) is 5.45. The zero-order valence-corrected chi connectivity index (χ0v) is 11.5. The van der Waals surface area contributed by atoms with E-state index in [9.17, 15) is 18.4 Å². The molecule has 0 saturated carbocycles. The molecule has 0 saturated heterocycles. The summed E-state index contributed by atoms with van der Waals surface area (Å²) in [5.41, 5.74) is -0.138. The summed E-state index contributed by atoms with van der Waals surface area (Å²) in [6.07, 6.45) is 0. The van der Waals surface area contributed by atoms with E-state index < -0.39 is 27.4 Å².